The second-order valence-corrected chi connectivity index (χ2v) is 14.1. The first-order valence-electron chi connectivity index (χ1n) is 15.9. The number of nitrogens with zero attached hydrogens (tertiary/aromatic N) is 2. The molecule has 3 fully saturated rings. The summed E-state index contributed by atoms with van der Waals surface area (Å²) >= 11 is 10.3. The number of ether oxygens (including phenoxy) is 2. The van der Waals surface area contributed by atoms with Crippen LogP contribution in [0.4, 0.5) is 5.69 Å². The number of alkyl halides is 1. The lowest BCUT2D eigenvalue weighted by Gasteiger charge is -2.41. The molecule has 3 heterocycles. The molecule has 1 unspecified atom stereocenters. The zero-order valence-corrected chi connectivity index (χ0v) is 29.3. The molecular weight excluding hydrogens is 678 g/mol. The smallest absolute Gasteiger partial charge is 0.312 e. The number of hydrogen-bond donors (Lipinski definition) is 2. The van der Waals surface area contributed by atoms with Crippen molar-refractivity contribution < 1.29 is 33.8 Å². The first-order chi connectivity index (χ1) is 21.9. The van der Waals surface area contributed by atoms with Crippen LogP contribution in [0.25, 0.3) is 0 Å². The fourth-order valence-corrected chi connectivity index (χ4v) is 8.49. The summed E-state index contributed by atoms with van der Waals surface area (Å²) in [6, 6.07) is 3.48. The normalized spacial score (nSPS) is 28.3. The molecule has 9 atom stereocenters. The minimum Gasteiger partial charge on any atom is -0.460 e. The minimum absolute atomic E-state index is 0.100. The van der Waals surface area contributed by atoms with Crippen molar-refractivity contribution in [2.45, 2.75) is 88.1 Å². The number of para-hydroxylation sites is 1. The van der Waals surface area contributed by atoms with Gasteiger partial charge in [0.15, 0.2) is 0 Å². The quantitative estimate of drug-likeness (QED) is 0.157. The van der Waals surface area contributed by atoms with Gasteiger partial charge in [-0.15, -0.1) is 13.2 Å². The third-order valence-corrected chi connectivity index (χ3v) is 10.7. The summed E-state index contributed by atoms with van der Waals surface area (Å²) in [5, 5.41) is 13.8. The lowest BCUT2D eigenvalue weighted by molar-refractivity contribution is -0.160. The maximum Gasteiger partial charge on any atom is 0.312 e. The highest BCUT2D eigenvalue weighted by Crippen LogP contribution is 2.61. The van der Waals surface area contributed by atoms with E-state index in [0.717, 1.165) is 5.56 Å². The van der Waals surface area contributed by atoms with E-state index in [4.69, 9.17) is 21.1 Å². The van der Waals surface area contributed by atoms with Gasteiger partial charge in [0.1, 0.15) is 17.7 Å². The van der Waals surface area contributed by atoms with E-state index in [1.165, 1.54) is 9.80 Å². The molecular formula is C34H45BrClN3O7. The molecule has 12 heteroatoms. The minimum atomic E-state index is -1.37. The van der Waals surface area contributed by atoms with E-state index in [2.05, 4.69) is 34.4 Å². The summed E-state index contributed by atoms with van der Waals surface area (Å²) in [7, 11) is 0. The van der Waals surface area contributed by atoms with Gasteiger partial charge in [-0.3, -0.25) is 19.2 Å². The highest BCUT2D eigenvalue weighted by atomic mass is 79.9. The van der Waals surface area contributed by atoms with Gasteiger partial charge in [0, 0.05) is 17.8 Å². The van der Waals surface area contributed by atoms with Crippen LogP contribution < -0.4 is 10.2 Å². The SMILES string of the molecule is C=CCCC(=O)NC[C@H](C)OC(=O)[C@@H]1[C@H]2O[C@@]3(CC2Br)[C@H](C(=O)N(CC=C)c2c(C)cccc2Cl)N([C@@H](CO)[C@@H](C)CC)C(=O)[C@@H]13. The molecule has 0 aliphatic carbocycles. The number of halogens is 2. The Labute approximate surface area is 284 Å². The summed E-state index contributed by atoms with van der Waals surface area (Å²) < 4.78 is 12.4. The summed E-state index contributed by atoms with van der Waals surface area (Å²) in [6.45, 7) is 14.7. The maximum absolute atomic E-state index is 14.9. The van der Waals surface area contributed by atoms with Crippen molar-refractivity contribution in [2.75, 3.05) is 24.6 Å². The third kappa shape index (κ3) is 6.53. The first kappa shape index (κ1) is 36.1. The molecule has 2 N–H and O–H groups in total. The molecule has 252 valence electrons. The Morgan fingerprint density at radius 1 is 1.30 bits per heavy atom. The van der Waals surface area contributed by atoms with E-state index in [-0.39, 0.29) is 42.8 Å². The summed E-state index contributed by atoms with van der Waals surface area (Å²) in [4.78, 5) is 58.1. The van der Waals surface area contributed by atoms with Crippen LogP contribution in [0.15, 0.2) is 43.5 Å². The number of carbonyl (C=O) groups excluding carboxylic acids is 4. The molecule has 3 saturated heterocycles. The number of anilines is 1. The fraction of sp³-hybridized carbons (Fsp3) is 0.588. The number of allylic oxidation sites excluding steroid dienone is 1. The second-order valence-electron chi connectivity index (χ2n) is 12.6. The van der Waals surface area contributed by atoms with E-state index in [1.807, 2.05) is 26.8 Å². The van der Waals surface area contributed by atoms with Gasteiger partial charge >= 0.3 is 5.97 Å². The lowest BCUT2D eigenvalue weighted by atomic mass is 9.70. The van der Waals surface area contributed by atoms with Gasteiger partial charge in [-0.1, -0.05) is 72.1 Å². The van der Waals surface area contributed by atoms with E-state index in [1.54, 1.807) is 31.2 Å². The van der Waals surface area contributed by atoms with Crippen LogP contribution in [0.1, 0.15) is 52.0 Å². The Balaban J connectivity index is 1.74. The van der Waals surface area contributed by atoms with Crippen molar-refractivity contribution in [3.8, 4) is 0 Å². The largest absolute Gasteiger partial charge is 0.460 e. The van der Waals surface area contributed by atoms with E-state index in [0.29, 0.717) is 30.0 Å². The number of aryl methyl sites for hydroxylation is 1. The number of esters is 1. The zero-order valence-electron chi connectivity index (χ0n) is 26.9. The maximum atomic E-state index is 14.9. The molecule has 46 heavy (non-hydrogen) atoms. The molecule has 3 amide bonds. The van der Waals surface area contributed by atoms with Gasteiger partial charge in [0.05, 0.1) is 47.8 Å². The molecule has 1 spiro atoms. The number of aliphatic hydroxyl groups excluding tert-OH is 1. The van der Waals surface area contributed by atoms with Gasteiger partial charge in [-0.05, 0) is 44.2 Å². The van der Waals surface area contributed by atoms with Crippen LogP contribution in [-0.4, -0.2) is 88.1 Å². The van der Waals surface area contributed by atoms with E-state index >= 15 is 0 Å². The highest BCUT2D eigenvalue weighted by Gasteiger charge is 2.77. The van der Waals surface area contributed by atoms with Crippen molar-refractivity contribution in [1.82, 2.24) is 10.2 Å². The molecule has 2 bridgehead atoms. The number of fused-ring (bicyclic) bond motifs is 1. The molecule has 1 aromatic rings. The number of likely N-dealkylation sites (tertiary alicyclic amines) is 1. The second kappa shape index (κ2) is 15.0. The monoisotopic (exact) mass is 721 g/mol. The van der Waals surface area contributed by atoms with E-state index in [9.17, 15) is 24.3 Å². The Bertz CT molecular complexity index is 1340. The Morgan fingerprint density at radius 2 is 2.02 bits per heavy atom. The number of benzene rings is 1. The van der Waals surface area contributed by atoms with Crippen molar-refractivity contribution in [1.29, 1.82) is 0 Å². The number of nitrogens with one attached hydrogen (secondary N) is 1. The predicted octanol–water partition coefficient (Wildman–Crippen LogP) is 4.34. The van der Waals surface area contributed by atoms with Gasteiger partial charge < -0.3 is 29.7 Å². The molecule has 0 saturated carbocycles. The topological polar surface area (TPSA) is 125 Å². The molecule has 3 aliphatic rings. The number of aliphatic hydroxyl groups is 1. The van der Waals surface area contributed by atoms with Crippen LogP contribution >= 0.6 is 27.5 Å². The van der Waals surface area contributed by atoms with Gasteiger partial charge in [-0.2, -0.15) is 0 Å². The average Bonchev–Trinajstić information content (AvgIpc) is 3.61. The fourth-order valence-electron chi connectivity index (χ4n) is 7.22. The van der Waals surface area contributed by atoms with Crippen LogP contribution in [0.2, 0.25) is 5.02 Å². The highest BCUT2D eigenvalue weighted by molar-refractivity contribution is 9.09. The average molecular weight is 723 g/mol. The van der Waals surface area contributed by atoms with Gasteiger partial charge in [0.25, 0.3) is 5.91 Å². The van der Waals surface area contributed by atoms with E-state index < -0.39 is 59.5 Å². The molecule has 4 rings (SSSR count). The standard InChI is InChI=1S/C34H45BrClN3O7/c1-7-10-14-25(41)37-17-21(6)45-33(44)26-27-31(42)39(24(18-40)19(4)9-3)30(34(27)16-22(35)29(26)46-34)32(43)38(15-8-2)28-20(5)12-11-13-23(28)36/h7-8,11-13,19,21-22,24,26-27,29-30,40H,1-2,9-10,14-18H2,3-6H3,(H,37,41)/t19-,21-,22?,24-,26-,27+,29-,30-,34+/m0/s1. The summed E-state index contributed by atoms with van der Waals surface area (Å²) in [6.07, 6.45) is 3.58. The Hall–Kier alpha value is -2.73. The number of amides is 3. The predicted molar refractivity (Wildman–Crippen MR) is 180 cm³/mol. The third-order valence-electron chi connectivity index (χ3n) is 9.59. The van der Waals surface area contributed by atoms with Crippen molar-refractivity contribution in [3.63, 3.8) is 0 Å². The summed E-state index contributed by atoms with van der Waals surface area (Å²) in [5.41, 5.74) is -0.113. The molecule has 1 aromatic carbocycles. The van der Waals surface area contributed by atoms with Crippen LogP contribution in [-0.2, 0) is 28.7 Å². The zero-order chi connectivity index (χ0) is 33.9. The lowest BCUT2D eigenvalue weighted by Crippen LogP contribution is -2.60. The van der Waals surface area contributed by atoms with Crippen molar-refractivity contribution in [2.24, 2.45) is 17.8 Å². The summed E-state index contributed by atoms with van der Waals surface area (Å²) in [5.74, 6) is -3.87. The van der Waals surface area contributed by atoms with Crippen molar-refractivity contribution >= 4 is 56.9 Å². The molecule has 10 nitrogen and oxygen atoms in total. The van der Waals surface area contributed by atoms with Crippen molar-refractivity contribution in [3.05, 3.63) is 54.1 Å². The number of carbonyl (C=O) groups is 4. The Morgan fingerprint density at radius 3 is 2.63 bits per heavy atom. The van der Waals surface area contributed by atoms with Gasteiger partial charge in [0.2, 0.25) is 11.8 Å². The van der Waals surface area contributed by atoms with Crippen LogP contribution in [0, 0.1) is 24.7 Å². The number of rotatable bonds is 15. The van der Waals surface area contributed by atoms with Gasteiger partial charge in [-0.25, -0.2) is 0 Å². The Kier molecular flexibility index (Phi) is 11.8. The molecule has 3 aliphatic heterocycles. The number of hydrogen-bond acceptors (Lipinski definition) is 7. The van der Waals surface area contributed by atoms with Crippen LogP contribution in [0.3, 0.4) is 0 Å². The van der Waals surface area contributed by atoms with Crippen LogP contribution in [0.5, 0.6) is 0 Å². The molecule has 0 radical (unpaired) electrons. The first-order valence-corrected chi connectivity index (χ1v) is 17.2. The molecule has 0 aromatic heterocycles.